The minimum absolute atomic E-state index is 0.176. The molecule has 2 heterocycles. The van der Waals surface area contributed by atoms with E-state index in [2.05, 4.69) is 22.4 Å². The zero-order valence-corrected chi connectivity index (χ0v) is 17.2. The van der Waals surface area contributed by atoms with Gasteiger partial charge >= 0.3 is 0 Å². The molecule has 2 aromatic carbocycles. The molecular formula is C23H23N5O2. The van der Waals surface area contributed by atoms with Crippen LogP contribution in [0.2, 0.25) is 0 Å². The van der Waals surface area contributed by atoms with E-state index in [1.165, 1.54) is 10.2 Å². The molecule has 0 aliphatic rings. The normalized spacial score (nSPS) is 11.0. The largest absolute Gasteiger partial charge is 0.324 e. The maximum absolute atomic E-state index is 13.2. The van der Waals surface area contributed by atoms with Crippen molar-refractivity contribution in [2.45, 2.75) is 33.7 Å². The van der Waals surface area contributed by atoms with Crippen LogP contribution in [-0.2, 0) is 17.8 Å². The van der Waals surface area contributed by atoms with Gasteiger partial charge in [-0.25, -0.2) is 9.36 Å². The molecule has 152 valence electrons. The van der Waals surface area contributed by atoms with Crippen molar-refractivity contribution in [1.82, 2.24) is 19.6 Å². The summed E-state index contributed by atoms with van der Waals surface area (Å²) in [4.78, 5) is 25.7. The Morgan fingerprint density at radius 2 is 1.80 bits per heavy atom. The van der Waals surface area contributed by atoms with Gasteiger partial charge in [-0.1, -0.05) is 37.3 Å². The molecule has 7 nitrogen and oxygen atoms in total. The molecule has 0 fully saturated rings. The summed E-state index contributed by atoms with van der Waals surface area (Å²) in [5, 5.41) is 12.2. The number of hydrogen-bond donors (Lipinski definition) is 1. The minimum atomic E-state index is -0.354. The number of aromatic nitrogens is 4. The van der Waals surface area contributed by atoms with Crippen LogP contribution in [0.5, 0.6) is 0 Å². The van der Waals surface area contributed by atoms with Gasteiger partial charge in [-0.2, -0.15) is 10.2 Å². The lowest BCUT2D eigenvalue weighted by Gasteiger charge is -2.10. The van der Waals surface area contributed by atoms with E-state index in [4.69, 9.17) is 0 Å². The highest BCUT2D eigenvalue weighted by Gasteiger charge is 2.17. The van der Waals surface area contributed by atoms with Crippen LogP contribution in [0.15, 0.2) is 59.5 Å². The van der Waals surface area contributed by atoms with Gasteiger partial charge in [0.1, 0.15) is 12.1 Å². The van der Waals surface area contributed by atoms with E-state index in [1.807, 2.05) is 62.4 Å². The molecule has 1 N–H and O–H groups in total. The first-order chi connectivity index (χ1) is 14.5. The molecule has 0 saturated carbocycles. The van der Waals surface area contributed by atoms with Crippen molar-refractivity contribution < 1.29 is 4.79 Å². The molecule has 0 aliphatic heterocycles. The van der Waals surface area contributed by atoms with Crippen molar-refractivity contribution in [1.29, 1.82) is 0 Å². The summed E-state index contributed by atoms with van der Waals surface area (Å²) in [6.45, 7) is 5.67. The molecule has 0 radical (unpaired) electrons. The van der Waals surface area contributed by atoms with E-state index in [-0.39, 0.29) is 18.0 Å². The lowest BCUT2D eigenvalue weighted by atomic mass is 10.1. The standard InChI is InChI=1S/C23H23N5O2/c1-4-17-9-11-18(12-10-17)25-21(29)14-27-23(30)22-19(16(3)26-27)13-24-28(22)20-8-6-5-7-15(20)2/h5-13H,4,14H2,1-3H3,(H,25,29). The summed E-state index contributed by atoms with van der Waals surface area (Å²) in [5.74, 6) is -0.311. The number of rotatable bonds is 5. The Bertz CT molecular complexity index is 1290. The average Bonchev–Trinajstić information content (AvgIpc) is 3.18. The van der Waals surface area contributed by atoms with Crippen LogP contribution >= 0.6 is 0 Å². The van der Waals surface area contributed by atoms with Crippen LogP contribution in [0.4, 0.5) is 5.69 Å². The number of nitrogens with zero attached hydrogens (tertiary/aromatic N) is 4. The van der Waals surface area contributed by atoms with E-state index < -0.39 is 0 Å². The predicted octanol–water partition coefficient (Wildman–Crippen LogP) is 3.40. The molecule has 2 aromatic heterocycles. The lowest BCUT2D eigenvalue weighted by molar-refractivity contribution is -0.117. The van der Waals surface area contributed by atoms with Crippen molar-refractivity contribution in [2.75, 3.05) is 5.32 Å². The highest BCUT2D eigenvalue weighted by Crippen LogP contribution is 2.19. The summed E-state index contributed by atoms with van der Waals surface area (Å²) in [5.41, 5.74) is 4.40. The van der Waals surface area contributed by atoms with E-state index >= 15 is 0 Å². The number of fused-ring (bicyclic) bond motifs is 1. The zero-order valence-electron chi connectivity index (χ0n) is 17.2. The molecule has 0 aliphatic carbocycles. The number of para-hydroxylation sites is 1. The summed E-state index contributed by atoms with van der Waals surface area (Å²) in [6, 6.07) is 15.4. The first-order valence-corrected chi connectivity index (χ1v) is 9.88. The Morgan fingerprint density at radius 3 is 2.50 bits per heavy atom. The summed E-state index contributed by atoms with van der Waals surface area (Å²) >= 11 is 0. The monoisotopic (exact) mass is 401 g/mol. The van der Waals surface area contributed by atoms with Gasteiger partial charge in [0.25, 0.3) is 5.56 Å². The minimum Gasteiger partial charge on any atom is -0.324 e. The van der Waals surface area contributed by atoms with Crippen LogP contribution < -0.4 is 10.9 Å². The fourth-order valence-corrected chi connectivity index (χ4v) is 3.47. The first-order valence-electron chi connectivity index (χ1n) is 9.88. The number of carbonyl (C=O) groups excluding carboxylic acids is 1. The molecule has 1 amide bonds. The molecule has 7 heteroatoms. The van der Waals surface area contributed by atoms with Crippen LogP contribution in [-0.4, -0.2) is 25.5 Å². The molecule has 0 spiro atoms. The van der Waals surface area contributed by atoms with Crippen molar-refractivity contribution in [3.63, 3.8) is 0 Å². The Hall–Kier alpha value is -3.74. The second-order valence-electron chi connectivity index (χ2n) is 7.25. The molecule has 0 atom stereocenters. The zero-order chi connectivity index (χ0) is 21.3. The number of amides is 1. The number of nitrogens with one attached hydrogen (secondary N) is 1. The predicted molar refractivity (Wildman–Crippen MR) is 117 cm³/mol. The van der Waals surface area contributed by atoms with Gasteiger partial charge < -0.3 is 5.32 Å². The highest BCUT2D eigenvalue weighted by molar-refractivity contribution is 5.90. The maximum atomic E-state index is 13.2. The SMILES string of the molecule is CCc1ccc(NC(=O)Cn2nc(C)c3cnn(-c4ccccc4C)c3c2=O)cc1. The van der Waals surface area contributed by atoms with E-state index in [0.29, 0.717) is 22.3 Å². The number of aryl methyl sites for hydroxylation is 3. The van der Waals surface area contributed by atoms with E-state index in [1.54, 1.807) is 10.9 Å². The molecule has 4 aromatic rings. The summed E-state index contributed by atoms with van der Waals surface area (Å²) in [7, 11) is 0. The molecule has 4 rings (SSSR count). The Morgan fingerprint density at radius 1 is 1.07 bits per heavy atom. The van der Waals surface area contributed by atoms with Gasteiger partial charge in [0.05, 0.1) is 17.6 Å². The van der Waals surface area contributed by atoms with Crippen molar-refractivity contribution in [2.24, 2.45) is 0 Å². The molecule has 0 bridgehead atoms. The molecular weight excluding hydrogens is 378 g/mol. The third-order valence-electron chi connectivity index (χ3n) is 5.15. The smallest absolute Gasteiger partial charge is 0.293 e. The highest BCUT2D eigenvalue weighted by atomic mass is 16.2. The summed E-state index contributed by atoms with van der Waals surface area (Å²) in [6.07, 6.45) is 2.58. The van der Waals surface area contributed by atoms with Gasteiger partial charge in [-0.05, 0) is 49.6 Å². The average molecular weight is 401 g/mol. The van der Waals surface area contributed by atoms with Crippen LogP contribution in [0, 0.1) is 13.8 Å². The third-order valence-corrected chi connectivity index (χ3v) is 5.15. The number of anilines is 1. The maximum Gasteiger partial charge on any atom is 0.293 e. The Kier molecular flexibility index (Phi) is 5.18. The fourth-order valence-electron chi connectivity index (χ4n) is 3.47. The number of carbonyl (C=O) groups is 1. The quantitative estimate of drug-likeness (QED) is 0.556. The lowest BCUT2D eigenvalue weighted by Crippen LogP contribution is -2.31. The van der Waals surface area contributed by atoms with Crippen molar-refractivity contribution in [3.8, 4) is 5.69 Å². The molecule has 0 saturated heterocycles. The fraction of sp³-hybridized carbons (Fsp3) is 0.217. The van der Waals surface area contributed by atoms with E-state index in [0.717, 1.165) is 17.7 Å². The number of benzene rings is 2. The molecule has 0 unspecified atom stereocenters. The van der Waals surface area contributed by atoms with Crippen molar-refractivity contribution >= 4 is 22.5 Å². The van der Waals surface area contributed by atoms with E-state index in [9.17, 15) is 9.59 Å². The summed E-state index contributed by atoms with van der Waals surface area (Å²) < 4.78 is 2.82. The van der Waals surface area contributed by atoms with Crippen LogP contribution in [0.1, 0.15) is 23.7 Å². The van der Waals surface area contributed by atoms with Gasteiger partial charge in [0.15, 0.2) is 0 Å². The van der Waals surface area contributed by atoms with Crippen LogP contribution in [0.25, 0.3) is 16.6 Å². The molecule has 30 heavy (non-hydrogen) atoms. The van der Waals surface area contributed by atoms with Crippen LogP contribution in [0.3, 0.4) is 0 Å². The van der Waals surface area contributed by atoms with Gasteiger partial charge in [-0.3, -0.25) is 9.59 Å². The Balaban J connectivity index is 1.68. The Labute approximate surface area is 174 Å². The van der Waals surface area contributed by atoms with Crippen molar-refractivity contribution in [3.05, 3.63) is 81.9 Å². The topological polar surface area (TPSA) is 81.8 Å². The second kappa shape index (κ2) is 7.94. The van der Waals surface area contributed by atoms with Gasteiger partial charge in [0, 0.05) is 11.1 Å². The second-order valence-corrected chi connectivity index (χ2v) is 7.25. The third kappa shape index (κ3) is 3.61. The van der Waals surface area contributed by atoms with Gasteiger partial charge in [-0.15, -0.1) is 0 Å². The first kappa shape index (κ1) is 19.6. The van der Waals surface area contributed by atoms with Gasteiger partial charge in [0.2, 0.25) is 5.91 Å². The number of hydrogen-bond acceptors (Lipinski definition) is 4.